The maximum absolute atomic E-state index is 13.4. The molecule has 5 nitrogen and oxygen atoms in total. The summed E-state index contributed by atoms with van der Waals surface area (Å²) in [6.45, 7) is 6.40. The fourth-order valence-corrected chi connectivity index (χ4v) is 5.62. The SMILES string of the molecule is C[C@H]1[C@H](n2c(S[C@H]3C[C@@H](C)OC3=O)nc3ccccc3c2=O)CCC[C@@H]1C. The molecule has 2 fully saturated rings. The lowest BCUT2D eigenvalue weighted by Gasteiger charge is -2.36. The van der Waals surface area contributed by atoms with Gasteiger partial charge in [-0.25, -0.2) is 4.98 Å². The standard InChI is InChI=1S/C21H26N2O3S/c1-12-7-6-10-17(14(12)3)23-19(24)15-8-4-5-9-16(15)22-21(23)27-18-11-13(2)26-20(18)25/h4-5,8-9,12-14,17-18H,6-7,10-11H2,1-3H3/t12-,13+,14+,17+,18-/m0/s1. The van der Waals surface area contributed by atoms with Crippen LogP contribution in [0.25, 0.3) is 10.9 Å². The van der Waals surface area contributed by atoms with Gasteiger partial charge in [-0.15, -0.1) is 0 Å². The van der Waals surface area contributed by atoms with E-state index in [0.29, 0.717) is 34.3 Å². The molecule has 1 aromatic carbocycles. The van der Waals surface area contributed by atoms with Crippen molar-refractivity contribution in [2.24, 2.45) is 11.8 Å². The molecule has 27 heavy (non-hydrogen) atoms. The Kier molecular flexibility index (Phi) is 5.01. The van der Waals surface area contributed by atoms with E-state index in [4.69, 9.17) is 9.72 Å². The van der Waals surface area contributed by atoms with E-state index < -0.39 is 0 Å². The molecule has 6 heteroatoms. The van der Waals surface area contributed by atoms with Crippen LogP contribution in [0.5, 0.6) is 0 Å². The van der Waals surface area contributed by atoms with Gasteiger partial charge in [0.2, 0.25) is 0 Å². The summed E-state index contributed by atoms with van der Waals surface area (Å²) in [4.78, 5) is 30.4. The normalized spacial score (nSPS) is 31.2. The van der Waals surface area contributed by atoms with Crippen molar-refractivity contribution in [1.82, 2.24) is 9.55 Å². The first-order valence-electron chi connectivity index (χ1n) is 9.84. The predicted octanol–water partition coefficient (Wildman–Crippen LogP) is 4.19. The van der Waals surface area contributed by atoms with Crippen molar-refractivity contribution in [2.75, 3.05) is 0 Å². The third-order valence-corrected chi connectivity index (χ3v) is 7.31. The summed E-state index contributed by atoms with van der Waals surface area (Å²) in [5, 5.41) is 1.01. The van der Waals surface area contributed by atoms with Gasteiger partial charge in [0.15, 0.2) is 5.16 Å². The number of fused-ring (bicyclic) bond motifs is 1. The van der Waals surface area contributed by atoms with Crippen molar-refractivity contribution in [3.05, 3.63) is 34.6 Å². The number of para-hydroxylation sites is 1. The summed E-state index contributed by atoms with van der Waals surface area (Å²) in [7, 11) is 0. The quantitative estimate of drug-likeness (QED) is 0.585. The van der Waals surface area contributed by atoms with Gasteiger partial charge in [0, 0.05) is 12.5 Å². The van der Waals surface area contributed by atoms with Crippen LogP contribution in [-0.2, 0) is 9.53 Å². The molecule has 1 aliphatic carbocycles. The summed E-state index contributed by atoms with van der Waals surface area (Å²) in [5.74, 6) is 0.760. The highest BCUT2D eigenvalue weighted by atomic mass is 32.2. The number of nitrogens with zero attached hydrogens (tertiary/aromatic N) is 2. The number of rotatable bonds is 3. The highest BCUT2D eigenvalue weighted by Gasteiger charge is 2.36. The van der Waals surface area contributed by atoms with E-state index in [1.54, 1.807) is 0 Å². The van der Waals surface area contributed by atoms with Crippen LogP contribution in [0.3, 0.4) is 0 Å². The molecule has 0 N–H and O–H groups in total. The first-order chi connectivity index (χ1) is 13.0. The molecular formula is C21H26N2O3S. The van der Waals surface area contributed by atoms with Crippen LogP contribution in [0.4, 0.5) is 0 Å². The molecule has 1 aromatic heterocycles. The van der Waals surface area contributed by atoms with Crippen LogP contribution < -0.4 is 5.56 Å². The minimum Gasteiger partial charge on any atom is -0.462 e. The van der Waals surface area contributed by atoms with Gasteiger partial charge in [-0.3, -0.25) is 14.2 Å². The summed E-state index contributed by atoms with van der Waals surface area (Å²) in [6, 6.07) is 7.61. The predicted molar refractivity (Wildman–Crippen MR) is 107 cm³/mol. The van der Waals surface area contributed by atoms with Crippen molar-refractivity contribution in [3.63, 3.8) is 0 Å². The minimum absolute atomic E-state index is 0.00784. The Morgan fingerprint density at radius 3 is 2.67 bits per heavy atom. The minimum atomic E-state index is -0.296. The van der Waals surface area contributed by atoms with Crippen LogP contribution in [0.15, 0.2) is 34.2 Å². The zero-order valence-electron chi connectivity index (χ0n) is 16.1. The fraction of sp³-hybridized carbons (Fsp3) is 0.571. The van der Waals surface area contributed by atoms with Gasteiger partial charge in [-0.05, 0) is 37.3 Å². The number of esters is 1. The fourth-order valence-electron chi connectivity index (χ4n) is 4.36. The number of aromatic nitrogens is 2. The van der Waals surface area contributed by atoms with Crippen molar-refractivity contribution >= 4 is 28.6 Å². The number of thioether (sulfide) groups is 1. The molecule has 5 atom stereocenters. The summed E-state index contributed by atoms with van der Waals surface area (Å²) in [5.41, 5.74) is 0.700. The number of ether oxygens (including phenoxy) is 1. The number of hydrogen-bond acceptors (Lipinski definition) is 5. The van der Waals surface area contributed by atoms with E-state index in [-0.39, 0.29) is 28.9 Å². The number of carbonyl (C=O) groups excluding carboxylic acids is 1. The molecule has 2 heterocycles. The van der Waals surface area contributed by atoms with Gasteiger partial charge in [0.1, 0.15) is 11.4 Å². The molecule has 0 bridgehead atoms. The molecule has 0 unspecified atom stereocenters. The number of carbonyl (C=O) groups is 1. The number of cyclic esters (lactones) is 1. The van der Waals surface area contributed by atoms with Crippen LogP contribution in [-0.4, -0.2) is 26.9 Å². The second kappa shape index (κ2) is 7.30. The number of benzene rings is 1. The van der Waals surface area contributed by atoms with Gasteiger partial charge in [0.05, 0.1) is 10.9 Å². The van der Waals surface area contributed by atoms with Crippen LogP contribution in [0, 0.1) is 11.8 Å². The van der Waals surface area contributed by atoms with E-state index >= 15 is 0 Å². The average molecular weight is 387 g/mol. The topological polar surface area (TPSA) is 61.2 Å². The Morgan fingerprint density at radius 1 is 1.15 bits per heavy atom. The molecular weight excluding hydrogens is 360 g/mol. The zero-order chi connectivity index (χ0) is 19.1. The first kappa shape index (κ1) is 18.5. The Bertz CT molecular complexity index is 925. The highest BCUT2D eigenvalue weighted by molar-refractivity contribution is 8.00. The maximum atomic E-state index is 13.4. The third kappa shape index (κ3) is 3.40. The molecule has 4 rings (SSSR count). The van der Waals surface area contributed by atoms with Gasteiger partial charge < -0.3 is 4.74 Å². The summed E-state index contributed by atoms with van der Waals surface area (Å²) >= 11 is 1.39. The van der Waals surface area contributed by atoms with Crippen molar-refractivity contribution < 1.29 is 9.53 Å². The Hall–Kier alpha value is -1.82. The molecule has 1 saturated carbocycles. The van der Waals surface area contributed by atoms with Crippen molar-refractivity contribution in [1.29, 1.82) is 0 Å². The van der Waals surface area contributed by atoms with E-state index in [2.05, 4.69) is 13.8 Å². The lowest BCUT2D eigenvalue weighted by molar-refractivity contribution is -0.140. The average Bonchev–Trinajstić information content (AvgIpc) is 2.95. The zero-order valence-corrected chi connectivity index (χ0v) is 16.9. The lowest BCUT2D eigenvalue weighted by atomic mass is 9.78. The van der Waals surface area contributed by atoms with Gasteiger partial charge in [-0.1, -0.05) is 50.6 Å². The molecule has 0 radical (unpaired) electrons. The highest BCUT2D eigenvalue weighted by Crippen LogP contribution is 2.40. The van der Waals surface area contributed by atoms with Crippen LogP contribution in [0.1, 0.15) is 52.5 Å². The lowest BCUT2D eigenvalue weighted by Crippen LogP contribution is -2.35. The largest absolute Gasteiger partial charge is 0.462 e. The van der Waals surface area contributed by atoms with Gasteiger partial charge in [-0.2, -0.15) is 0 Å². The molecule has 2 aliphatic rings. The Balaban J connectivity index is 1.83. The van der Waals surface area contributed by atoms with Crippen LogP contribution in [0.2, 0.25) is 0 Å². The molecule has 144 valence electrons. The second-order valence-electron chi connectivity index (χ2n) is 8.01. The first-order valence-corrected chi connectivity index (χ1v) is 10.7. The van der Waals surface area contributed by atoms with E-state index in [9.17, 15) is 9.59 Å². The molecule has 1 aliphatic heterocycles. The summed E-state index contributed by atoms with van der Waals surface area (Å²) < 4.78 is 7.19. The Labute approximate surface area is 163 Å². The van der Waals surface area contributed by atoms with E-state index in [0.717, 1.165) is 12.8 Å². The van der Waals surface area contributed by atoms with Gasteiger partial charge >= 0.3 is 5.97 Å². The van der Waals surface area contributed by atoms with Crippen LogP contribution >= 0.6 is 11.8 Å². The van der Waals surface area contributed by atoms with E-state index in [1.165, 1.54) is 18.2 Å². The monoisotopic (exact) mass is 386 g/mol. The van der Waals surface area contributed by atoms with Crippen molar-refractivity contribution in [3.8, 4) is 0 Å². The second-order valence-corrected chi connectivity index (χ2v) is 9.18. The molecule has 0 amide bonds. The third-order valence-electron chi connectivity index (χ3n) is 6.14. The molecule has 0 spiro atoms. The maximum Gasteiger partial charge on any atom is 0.319 e. The molecule has 1 saturated heterocycles. The molecule has 2 aromatic rings. The smallest absolute Gasteiger partial charge is 0.319 e. The summed E-state index contributed by atoms with van der Waals surface area (Å²) in [6.07, 6.45) is 3.86. The van der Waals surface area contributed by atoms with Gasteiger partial charge in [0.25, 0.3) is 5.56 Å². The van der Waals surface area contributed by atoms with E-state index in [1.807, 2.05) is 35.8 Å². The Morgan fingerprint density at radius 2 is 1.93 bits per heavy atom. The number of hydrogen-bond donors (Lipinski definition) is 0. The van der Waals surface area contributed by atoms with Crippen molar-refractivity contribution in [2.45, 2.75) is 69.0 Å².